The molecule has 0 fully saturated rings. The van der Waals surface area contributed by atoms with E-state index in [0.29, 0.717) is 11.3 Å². The lowest BCUT2D eigenvalue weighted by Gasteiger charge is -1.99. The van der Waals surface area contributed by atoms with Crippen molar-refractivity contribution in [2.24, 2.45) is 0 Å². The summed E-state index contributed by atoms with van der Waals surface area (Å²) >= 11 is 0. The topological polar surface area (TPSA) is 67.3 Å². The van der Waals surface area contributed by atoms with E-state index in [-0.39, 0.29) is 11.3 Å². The zero-order chi connectivity index (χ0) is 16.2. The fourth-order valence-electron chi connectivity index (χ4n) is 2.21. The molecule has 0 radical (unpaired) electrons. The van der Waals surface area contributed by atoms with E-state index < -0.39 is 5.97 Å². The van der Waals surface area contributed by atoms with Gasteiger partial charge in [-0.05, 0) is 36.4 Å². The minimum atomic E-state index is -1.01. The zero-order valence-electron chi connectivity index (χ0n) is 12.1. The van der Waals surface area contributed by atoms with Crippen LogP contribution in [0.4, 0.5) is 0 Å². The van der Waals surface area contributed by atoms with Gasteiger partial charge in [-0.1, -0.05) is 36.4 Å². The number of aromatic carboxylic acids is 1. The van der Waals surface area contributed by atoms with E-state index in [0.717, 1.165) is 10.9 Å². The Morgan fingerprint density at radius 2 is 1.57 bits per heavy atom. The molecule has 0 bridgehead atoms. The summed E-state index contributed by atoms with van der Waals surface area (Å²) in [6.45, 7) is 0. The molecule has 0 aliphatic heterocycles. The minimum Gasteiger partial charge on any atom is -0.478 e. The first-order chi connectivity index (χ1) is 11.1. The summed E-state index contributed by atoms with van der Waals surface area (Å²) in [5.41, 5.74) is 2.15. The molecule has 1 N–H and O–H groups in total. The molecule has 0 aliphatic carbocycles. The van der Waals surface area contributed by atoms with Gasteiger partial charge in [0, 0.05) is 10.9 Å². The average Bonchev–Trinajstić information content (AvgIpc) is 2.59. The van der Waals surface area contributed by atoms with Crippen LogP contribution < -0.4 is 0 Å². The number of carbonyl (C=O) groups is 2. The Balaban J connectivity index is 1.80. The van der Waals surface area contributed by atoms with Crippen LogP contribution in [0.3, 0.4) is 0 Å². The van der Waals surface area contributed by atoms with Gasteiger partial charge in [0.25, 0.3) is 0 Å². The van der Waals surface area contributed by atoms with Crippen molar-refractivity contribution in [3.05, 3.63) is 83.6 Å². The van der Waals surface area contributed by atoms with E-state index in [1.807, 2.05) is 36.4 Å². The van der Waals surface area contributed by atoms with Crippen LogP contribution >= 0.6 is 0 Å². The summed E-state index contributed by atoms with van der Waals surface area (Å²) in [5, 5.41) is 9.89. The SMILES string of the molecule is O=C(O)c1ccc(C(=O)C=Cc2ccc3ccccc3n2)cc1. The van der Waals surface area contributed by atoms with Crippen LogP contribution in [0.2, 0.25) is 0 Å². The molecule has 0 atom stereocenters. The monoisotopic (exact) mass is 303 g/mol. The van der Waals surface area contributed by atoms with Crippen molar-refractivity contribution in [2.75, 3.05) is 0 Å². The van der Waals surface area contributed by atoms with Gasteiger partial charge < -0.3 is 5.11 Å². The third-order valence-corrected chi connectivity index (χ3v) is 3.44. The number of carbonyl (C=O) groups excluding carboxylic acids is 1. The highest BCUT2D eigenvalue weighted by molar-refractivity contribution is 6.07. The van der Waals surface area contributed by atoms with E-state index in [1.54, 1.807) is 6.08 Å². The fourth-order valence-corrected chi connectivity index (χ4v) is 2.21. The summed E-state index contributed by atoms with van der Waals surface area (Å²) in [4.78, 5) is 27.4. The van der Waals surface area contributed by atoms with E-state index in [9.17, 15) is 9.59 Å². The predicted molar refractivity (Wildman–Crippen MR) is 88.5 cm³/mol. The quantitative estimate of drug-likeness (QED) is 0.587. The number of hydrogen-bond acceptors (Lipinski definition) is 3. The minimum absolute atomic E-state index is 0.154. The molecule has 4 heteroatoms. The molecule has 0 unspecified atom stereocenters. The maximum absolute atomic E-state index is 12.1. The van der Waals surface area contributed by atoms with Gasteiger partial charge in [0.05, 0.1) is 16.8 Å². The highest BCUT2D eigenvalue weighted by atomic mass is 16.4. The predicted octanol–water partition coefficient (Wildman–Crippen LogP) is 3.83. The Labute approximate surface area is 132 Å². The van der Waals surface area contributed by atoms with E-state index in [4.69, 9.17) is 5.11 Å². The number of ketones is 1. The van der Waals surface area contributed by atoms with Crippen LogP contribution in [-0.4, -0.2) is 21.8 Å². The average molecular weight is 303 g/mol. The summed E-state index contributed by atoms with van der Waals surface area (Å²) in [6, 6.07) is 17.4. The molecule has 4 nitrogen and oxygen atoms in total. The number of nitrogens with zero attached hydrogens (tertiary/aromatic N) is 1. The number of aromatic nitrogens is 1. The molecule has 0 spiro atoms. The molecular weight excluding hydrogens is 290 g/mol. The summed E-state index contributed by atoms with van der Waals surface area (Å²) in [5.74, 6) is -1.21. The number of rotatable bonds is 4. The van der Waals surface area contributed by atoms with Gasteiger partial charge in [-0.25, -0.2) is 9.78 Å². The second kappa shape index (κ2) is 6.23. The molecule has 112 valence electrons. The normalized spacial score (nSPS) is 11.0. The molecule has 0 saturated heterocycles. The van der Waals surface area contributed by atoms with Gasteiger partial charge in [0.1, 0.15) is 0 Å². The largest absolute Gasteiger partial charge is 0.478 e. The lowest BCUT2D eigenvalue weighted by Crippen LogP contribution is -1.99. The summed E-state index contributed by atoms with van der Waals surface area (Å²) < 4.78 is 0. The van der Waals surface area contributed by atoms with Crippen molar-refractivity contribution >= 4 is 28.7 Å². The molecule has 1 aromatic heterocycles. The third-order valence-electron chi connectivity index (χ3n) is 3.44. The second-order valence-corrected chi connectivity index (χ2v) is 5.01. The first kappa shape index (κ1) is 14.7. The van der Waals surface area contributed by atoms with Gasteiger partial charge in [-0.15, -0.1) is 0 Å². The van der Waals surface area contributed by atoms with Crippen LogP contribution in [0.25, 0.3) is 17.0 Å². The number of allylic oxidation sites excluding steroid dienone is 1. The van der Waals surface area contributed by atoms with Gasteiger partial charge in [-0.2, -0.15) is 0 Å². The Morgan fingerprint density at radius 3 is 2.30 bits per heavy atom. The molecule has 23 heavy (non-hydrogen) atoms. The van der Waals surface area contributed by atoms with Crippen LogP contribution in [0, 0.1) is 0 Å². The molecule has 3 aromatic rings. The van der Waals surface area contributed by atoms with Crippen molar-refractivity contribution in [3.63, 3.8) is 0 Å². The fraction of sp³-hybridized carbons (Fsp3) is 0. The highest BCUT2D eigenvalue weighted by Gasteiger charge is 2.05. The first-order valence-corrected chi connectivity index (χ1v) is 7.05. The van der Waals surface area contributed by atoms with Crippen molar-refractivity contribution in [1.29, 1.82) is 0 Å². The van der Waals surface area contributed by atoms with Gasteiger partial charge in [0.2, 0.25) is 0 Å². The molecule has 0 aliphatic rings. The van der Waals surface area contributed by atoms with Crippen LogP contribution in [0.1, 0.15) is 26.4 Å². The first-order valence-electron chi connectivity index (χ1n) is 7.05. The molecule has 1 heterocycles. The van der Waals surface area contributed by atoms with Crippen LogP contribution in [0.5, 0.6) is 0 Å². The Hall–Kier alpha value is -3.27. The number of carboxylic acid groups (broad SMARTS) is 1. The van der Waals surface area contributed by atoms with Crippen molar-refractivity contribution in [2.45, 2.75) is 0 Å². The Kier molecular flexibility index (Phi) is 3.97. The van der Waals surface area contributed by atoms with E-state index in [1.165, 1.54) is 30.3 Å². The lowest BCUT2D eigenvalue weighted by atomic mass is 10.1. The second-order valence-electron chi connectivity index (χ2n) is 5.01. The van der Waals surface area contributed by atoms with Gasteiger partial charge in [-0.3, -0.25) is 4.79 Å². The van der Waals surface area contributed by atoms with Gasteiger partial charge in [0.15, 0.2) is 5.78 Å². The lowest BCUT2D eigenvalue weighted by molar-refractivity contribution is 0.0696. The molecule has 3 rings (SSSR count). The zero-order valence-corrected chi connectivity index (χ0v) is 12.1. The van der Waals surface area contributed by atoms with Crippen LogP contribution in [0.15, 0.2) is 66.7 Å². The standard InChI is InChI=1S/C19H13NO3/c21-18(14-5-7-15(8-6-14)19(22)23)12-11-16-10-9-13-3-1-2-4-17(13)20-16/h1-12H,(H,22,23). The van der Waals surface area contributed by atoms with E-state index in [2.05, 4.69) is 4.98 Å². The third kappa shape index (κ3) is 3.32. The smallest absolute Gasteiger partial charge is 0.335 e. The Bertz CT molecular complexity index is 911. The van der Waals surface area contributed by atoms with Crippen LogP contribution in [-0.2, 0) is 0 Å². The molecule has 2 aromatic carbocycles. The number of benzene rings is 2. The maximum Gasteiger partial charge on any atom is 0.335 e. The highest BCUT2D eigenvalue weighted by Crippen LogP contribution is 2.13. The number of fused-ring (bicyclic) bond motifs is 1. The van der Waals surface area contributed by atoms with E-state index >= 15 is 0 Å². The molecule has 0 amide bonds. The van der Waals surface area contributed by atoms with Gasteiger partial charge >= 0.3 is 5.97 Å². The van der Waals surface area contributed by atoms with Crippen molar-refractivity contribution < 1.29 is 14.7 Å². The maximum atomic E-state index is 12.1. The number of para-hydroxylation sites is 1. The number of pyridine rings is 1. The van der Waals surface area contributed by atoms with Crippen molar-refractivity contribution in [1.82, 2.24) is 4.98 Å². The summed E-state index contributed by atoms with van der Waals surface area (Å²) in [7, 11) is 0. The number of hydrogen-bond donors (Lipinski definition) is 1. The number of carboxylic acids is 1. The summed E-state index contributed by atoms with van der Waals surface area (Å²) in [6.07, 6.45) is 3.09. The Morgan fingerprint density at radius 1 is 0.870 bits per heavy atom. The van der Waals surface area contributed by atoms with Crippen molar-refractivity contribution in [3.8, 4) is 0 Å². The molecule has 0 saturated carbocycles. The molecular formula is C19H13NO3.